The molecule has 1 N–H and O–H groups in total. The van der Waals surface area contributed by atoms with E-state index in [1.54, 1.807) is 0 Å². The average Bonchev–Trinajstić information content (AvgIpc) is 2.54. The van der Waals surface area contributed by atoms with Gasteiger partial charge in [-0.1, -0.05) is 104 Å². The molecule has 0 rings (SSSR count). The lowest BCUT2D eigenvalue weighted by molar-refractivity contribution is 0.0288. The molecule has 0 aromatic rings. The van der Waals surface area contributed by atoms with Crippen LogP contribution in [0.15, 0.2) is 0 Å². The Hall–Kier alpha value is -0.130. The van der Waals surface area contributed by atoms with E-state index in [4.69, 9.17) is 4.18 Å². The van der Waals surface area contributed by atoms with E-state index in [9.17, 15) is 13.0 Å². The zero-order valence-electron chi connectivity index (χ0n) is 16.9. The standard InChI is InChI=1S/C20H42O4S/c1-4-7-10-12-13-16-19-20(17-14-9-6-3,24-25(21,22)23)18-15-11-8-5-2/h4-19H2,1-3H3,(H,21,22,23). The Bertz CT molecular complexity index is 395. The first-order valence-electron chi connectivity index (χ1n) is 10.6. The third kappa shape index (κ3) is 14.7. The highest BCUT2D eigenvalue weighted by Gasteiger charge is 2.34. The fourth-order valence-electron chi connectivity index (χ4n) is 3.52. The SMILES string of the molecule is CCCCCCCCC(CCCCC)(CCCCCC)OS(=O)(=O)O. The van der Waals surface area contributed by atoms with E-state index in [0.29, 0.717) is 0 Å². The van der Waals surface area contributed by atoms with Crippen LogP contribution in [-0.2, 0) is 14.6 Å². The van der Waals surface area contributed by atoms with Crippen molar-refractivity contribution in [2.75, 3.05) is 0 Å². The highest BCUT2D eigenvalue weighted by atomic mass is 32.3. The highest BCUT2D eigenvalue weighted by molar-refractivity contribution is 7.80. The zero-order valence-corrected chi connectivity index (χ0v) is 17.7. The van der Waals surface area contributed by atoms with Crippen LogP contribution in [0, 0.1) is 0 Å². The van der Waals surface area contributed by atoms with Gasteiger partial charge in [0.25, 0.3) is 0 Å². The summed E-state index contributed by atoms with van der Waals surface area (Å²) in [6.07, 6.45) is 16.7. The predicted octanol–water partition coefficient (Wildman–Crippen LogP) is 6.85. The third-order valence-electron chi connectivity index (χ3n) is 4.99. The van der Waals surface area contributed by atoms with E-state index < -0.39 is 16.0 Å². The predicted molar refractivity (Wildman–Crippen MR) is 106 cm³/mol. The van der Waals surface area contributed by atoms with Crippen molar-refractivity contribution in [2.24, 2.45) is 0 Å². The largest absolute Gasteiger partial charge is 0.397 e. The Balaban J connectivity index is 4.76. The first kappa shape index (κ1) is 24.9. The van der Waals surface area contributed by atoms with Crippen LogP contribution in [0.4, 0.5) is 0 Å². The molecule has 0 heterocycles. The molecule has 1 atom stereocenters. The third-order valence-corrected chi connectivity index (χ3v) is 5.55. The van der Waals surface area contributed by atoms with Crippen molar-refractivity contribution in [1.82, 2.24) is 0 Å². The van der Waals surface area contributed by atoms with Crippen LogP contribution in [0.1, 0.15) is 124 Å². The second kappa shape index (κ2) is 15.0. The number of hydrogen-bond donors (Lipinski definition) is 1. The highest BCUT2D eigenvalue weighted by Crippen LogP contribution is 2.34. The van der Waals surface area contributed by atoms with Crippen LogP contribution in [0.5, 0.6) is 0 Å². The molecule has 0 aromatic carbocycles. The second-order valence-electron chi connectivity index (χ2n) is 7.48. The van der Waals surface area contributed by atoms with Crippen LogP contribution >= 0.6 is 0 Å². The van der Waals surface area contributed by atoms with E-state index in [0.717, 1.165) is 77.0 Å². The fourth-order valence-corrected chi connectivity index (χ4v) is 4.22. The second-order valence-corrected chi connectivity index (χ2v) is 8.50. The molecule has 0 saturated carbocycles. The molecule has 0 aliphatic rings. The molecule has 0 saturated heterocycles. The van der Waals surface area contributed by atoms with Gasteiger partial charge in [0.05, 0.1) is 5.60 Å². The fraction of sp³-hybridized carbons (Fsp3) is 1.00. The Morgan fingerprint density at radius 1 is 0.640 bits per heavy atom. The molecular weight excluding hydrogens is 336 g/mol. The van der Waals surface area contributed by atoms with Gasteiger partial charge < -0.3 is 0 Å². The van der Waals surface area contributed by atoms with Crippen LogP contribution in [-0.4, -0.2) is 18.6 Å². The quantitative estimate of drug-likeness (QED) is 0.209. The molecule has 0 spiro atoms. The smallest absolute Gasteiger partial charge is 0.264 e. The average molecular weight is 379 g/mol. The normalized spacial score (nSPS) is 14.6. The Labute approximate surface area is 157 Å². The Kier molecular flexibility index (Phi) is 14.9. The molecule has 25 heavy (non-hydrogen) atoms. The molecule has 5 heteroatoms. The van der Waals surface area contributed by atoms with Crippen LogP contribution < -0.4 is 0 Å². The van der Waals surface area contributed by atoms with E-state index in [2.05, 4.69) is 20.8 Å². The summed E-state index contributed by atoms with van der Waals surface area (Å²) in [5.41, 5.74) is -0.707. The maximum Gasteiger partial charge on any atom is 0.397 e. The maximum absolute atomic E-state index is 11.5. The molecule has 0 aromatic heterocycles. The maximum atomic E-state index is 11.5. The van der Waals surface area contributed by atoms with Gasteiger partial charge in [-0.3, -0.25) is 4.55 Å². The van der Waals surface area contributed by atoms with Gasteiger partial charge in [0.15, 0.2) is 0 Å². The van der Waals surface area contributed by atoms with Crippen molar-refractivity contribution in [2.45, 2.75) is 129 Å². The lowest BCUT2D eigenvalue weighted by Crippen LogP contribution is -2.35. The number of unbranched alkanes of at least 4 members (excludes halogenated alkanes) is 10. The van der Waals surface area contributed by atoms with Gasteiger partial charge in [-0.05, 0) is 19.3 Å². The van der Waals surface area contributed by atoms with Gasteiger partial charge in [0.1, 0.15) is 0 Å². The summed E-state index contributed by atoms with van der Waals surface area (Å²) in [5.74, 6) is 0. The number of rotatable bonds is 18. The van der Waals surface area contributed by atoms with Gasteiger partial charge in [-0.2, -0.15) is 8.42 Å². The molecule has 0 amide bonds. The van der Waals surface area contributed by atoms with Gasteiger partial charge in [-0.25, -0.2) is 4.18 Å². The molecule has 0 aliphatic carbocycles. The molecular formula is C20H42O4S. The molecule has 1 unspecified atom stereocenters. The van der Waals surface area contributed by atoms with Crippen molar-refractivity contribution in [3.63, 3.8) is 0 Å². The Morgan fingerprint density at radius 2 is 0.960 bits per heavy atom. The number of hydrogen-bond acceptors (Lipinski definition) is 3. The lowest BCUT2D eigenvalue weighted by Gasteiger charge is -2.32. The molecule has 0 aliphatic heterocycles. The summed E-state index contributed by atoms with van der Waals surface area (Å²) < 4.78 is 37.6. The van der Waals surface area contributed by atoms with E-state index in [1.807, 2.05) is 0 Å². The summed E-state index contributed by atoms with van der Waals surface area (Å²) in [7, 11) is -4.41. The van der Waals surface area contributed by atoms with E-state index >= 15 is 0 Å². The molecule has 152 valence electrons. The van der Waals surface area contributed by atoms with Gasteiger partial charge in [0.2, 0.25) is 0 Å². The van der Waals surface area contributed by atoms with Crippen molar-refractivity contribution in [3.05, 3.63) is 0 Å². The molecule has 4 nitrogen and oxygen atoms in total. The van der Waals surface area contributed by atoms with Crippen LogP contribution in [0.3, 0.4) is 0 Å². The molecule has 0 radical (unpaired) electrons. The minimum atomic E-state index is -4.41. The monoisotopic (exact) mass is 378 g/mol. The summed E-state index contributed by atoms with van der Waals surface area (Å²) >= 11 is 0. The van der Waals surface area contributed by atoms with E-state index in [1.165, 1.54) is 25.7 Å². The lowest BCUT2D eigenvalue weighted by atomic mass is 9.85. The van der Waals surface area contributed by atoms with Crippen LogP contribution in [0.25, 0.3) is 0 Å². The summed E-state index contributed by atoms with van der Waals surface area (Å²) in [6, 6.07) is 0. The van der Waals surface area contributed by atoms with Crippen molar-refractivity contribution in [3.8, 4) is 0 Å². The zero-order chi connectivity index (χ0) is 19.0. The first-order valence-corrected chi connectivity index (χ1v) is 11.9. The summed E-state index contributed by atoms with van der Waals surface area (Å²) in [5, 5.41) is 0. The van der Waals surface area contributed by atoms with Crippen molar-refractivity contribution >= 4 is 10.4 Å². The minimum absolute atomic E-state index is 0.707. The molecule has 0 bridgehead atoms. The van der Waals surface area contributed by atoms with Crippen LogP contribution in [0.2, 0.25) is 0 Å². The van der Waals surface area contributed by atoms with Gasteiger partial charge in [0, 0.05) is 0 Å². The first-order chi connectivity index (χ1) is 11.9. The summed E-state index contributed by atoms with van der Waals surface area (Å²) in [4.78, 5) is 0. The van der Waals surface area contributed by atoms with E-state index in [-0.39, 0.29) is 0 Å². The Morgan fingerprint density at radius 3 is 1.40 bits per heavy atom. The van der Waals surface area contributed by atoms with Crippen molar-refractivity contribution < 1.29 is 17.2 Å². The van der Waals surface area contributed by atoms with Gasteiger partial charge >= 0.3 is 10.4 Å². The topological polar surface area (TPSA) is 63.6 Å². The van der Waals surface area contributed by atoms with Gasteiger partial charge in [-0.15, -0.1) is 0 Å². The summed E-state index contributed by atoms with van der Waals surface area (Å²) in [6.45, 7) is 6.51. The minimum Gasteiger partial charge on any atom is -0.264 e. The van der Waals surface area contributed by atoms with Crippen molar-refractivity contribution in [1.29, 1.82) is 0 Å². The molecule has 0 fully saturated rings.